The van der Waals surface area contributed by atoms with Crippen LogP contribution in [0.2, 0.25) is 10.0 Å². The molecule has 0 aliphatic heterocycles. The first-order chi connectivity index (χ1) is 10.2. The van der Waals surface area contributed by atoms with Gasteiger partial charge in [0.15, 0.2) is 0 Å². The van der Waals surface area contributed by atoms with E-state index in [0.29, 0.717) is 27.4 Å². The lowest BCUT2D eigenvalue weighted by Gasteiger charge is -2.11. The Bertz CT molecular complexity index is 805. The van der Waals surface area contributed by atoms with Crippen molar-refractivity contribution in [2.75, 3.05) is 0 Å². The monoisotopic (exact) mass is 337 g/mol. The maximum Gasteiger partial charge on any atom is 0.138 e. The summed E-state index contributed by atoms with van der Waals surface area (Å²) in [6, 6.07) is 14.7. The van der Waals surface area contributed by atoms with E-state index in [9.17, 15) is 0 Å². The van der Waals surface area contributed by atoms with Gasteiger partial charge in [0.25, 0.3) is 0 Å². The van der Waals surface area contributed by atoms with Gasteiger partial charge in [-0.15, -0.1) is 11.6 Å². The maximum absolute atomic E-state index is 6.01. The topological polar surface area (TPSA) is 22.1 Å². The van der Waals surface area contributed by atoms with Crippen molar-refractivity contribution >= 4 is 45.7 Å². The number of ether oxygens (including phenoxy) is 1. The smallest absolute Gasteiger partial charge is 0.138 e. The number of aromatic nitrogens is 1. The molecule has 106 valence electrons. The maximum atomic E-state index is 6.01. The SMILES string of the molecule is ClCc1cc(Oc2ccc(Cl)c(Cl)c2)c2ccccc2n1. The van der Waals surface area contributed by atoms with Crippen LogP contribution in [0.5, 0.6) is 11.5 Å². The molecule has 3 aromatic rings. The third-order valence-corrected chi connectivity index (χ3v) is 4.00. The average molecular weight is 339 g/mol. The van der Waals surface area contributed by atoms with E-state index < -0.39 is 0 Å². The van der Waals surface area contributed by atoms with E-state index >= 15 is 0 Å². The van der Waals surface area contributed by atoms with Gasteiger partial charge in [-0.1, -0.05) is 35.3 Å². The van der Waals surface area contributed by atoms with E-state index in [2.05, 4.69) is 4.98 Å². The molecule has 0 atom stereocenters. The van der Waals surface area contributed by atoms with Crippen LogP contribution in [-0.2, 0) is 5.88 Å². The first kappa shape index (κ1) is 14.5. The number of para-hydroxylation sites is 1. The first-order valence-electron chi connectivity index (χ1n) is 6.25. The lowest BCUT2D eigenvalue weighted by Crippen LogP contribution is -1.92. The van der Waals surface area contributed by atoms with Crippen molar-refractivity contribution in [3.63, 3.8) is 0 Å². The molecule has 0 aliphatic rings. The van der Waals surface area contributed by atoms with Crippen LogP contribution >= 0.6 is 34.8 Å². The van der Waals surface area contributed by atoms with Crippen LogP contribution < -0.4 is 4.74 Å². The van der Waals surface area contributed by atoms with Crippen LogP contribution in [0.15, 0.2) is 48.5 Å². The van der Waals surface area contributed by atoms with Crippen molar-refractivity contribution in [1.29, 1.82) is 0 Å². The van der Waals surface area contributed by atoms with E-state index in [-0.39, 0.29) is 0 Å². The van der Waals surface area contributed by atoms with E-state index in [1.165, 1.54) is 0 Å². The second kappa shape index (κ2) is 6.10. The molecular formula is C16H10Cl3NO. The van der Waals surface area contributed by atoms with Crippen molar-refractivity contribution in [3.05, 3.63) is 64.3 Å². The van der Waals surface area contributed by atoms with Crippen molar-refractivity contribution in [2.45, 2.75) is 5.88 Å². The molecule has 0 aliphatic carbocycles. The molecule has 2 nitrogen and oxygen atoms in total. The van der Waals surface area contributed by atoms with Crippen molar-refractivity contribution in [3.8, 4) is 11.5 Å². The minimum absolute atomic E-state index is 0.322. The normalized spacial score (nSPS) is 10.8. The van der Waals surface area contributed by atoms with E-state index in [0.717, 1.165) is 16.6 Å². The summed E-state index contributed by atoms with van der Waals surface area (Å²) >= 11 is 17.8. The molecule has 5 heteroatoms. The van der Waals surface area contributed by atoms with Gasteiger partial charge in [0.1, 0.15) is 11.5 Å². The Balaban J connectivity index is 2.08. The fourth-order valence-corrected chi connectivity index (χ4v) is 2.44. The summed E-state index contributed by atoms with van der Waals surface area (Å²) in [6.45, 7) is 0. The summed E-state index contributed by atoms with van der Waals surface area (Å²) in [4.78, 5) is 4.47. The molecule has 1 aromatic heterocycles. The fraction of sp³-hybridized carbons (Fsp3) is 0.0625. The molecule has 0 N–H and O–H groups in total. The fourth-order valence-electron chi connectivity index (χ4n) is 2.02. The minimum atomic E-state index is 0.322. The Hall–Kier alpha value is -1.48. The van der Waals surface area contributed by atoms with E-state index in [4.69, 9.17) is 39.5 Å². The summed E-state index contributed by atoms with van der Waals surface area (Å²) in [5.41, 5.74) is 1.59. The number of alkyl halides is 1. The standard InChI is InChI=1S/C16H10Cl3NO/c17-9-10-7-16(12-3-1-2-4-15(12)20-10)21-11-5-6-13(18)14(19)8-11/h1-8H,9H2. The number of hydrogen-bond acceptors (Lipinski definition) is 2. The summed E-state index contributed by atoms with van der Waals surface area (Å²) in [5.74, 6) is 1.62. The predicted octanol–water partition coefficient (Wildman–Crippen LogP) is 6.07. The number of halogens is 3. The van der Waals surface area contributed by atoms with Crippen molar-refractivity contribution in [1.82, 2.24) is 4.98 Å². The van der Waals surface area contributed by atoms with Crippen LogP contribution in [0.4, 0.5) is 0 Å². The van der Waals surface area contributed by atoms with Crippen LogP contribution in [0.3, 0.4) is 0 Å². The summed E-state index contributed by atoms with van der Waals surface area (Å²) < 4.78 is 5.93. The molecule has 21 heavy (non-hydrogen) atoms. The molecule has 0 unspecified atom stereocenters. The van der Waals surface area contributed by atoms with E-state index in [1.807, 2.05) is 30.3 Å². The third kappa shape index (κ3) is 3.08. The second-order valence-electron chi connectivity index (χ2n) is 4.44. The zero-order valence-corrected chi connectivity index (χ0v) is 13.1. The van der Waals surface area contributed by atoms with Gasteiger partial charge in [0.2, 0.25) is 0 Å². The Labute approximate surface area is 137 Å². The number of benzene rings is 2. The highest BCUT2D eigenvalue weighted by molar-refractivity contribution is 6.42. The van der Waals surface area contributed by atoms with Crippen LogP contribution in [0.1, 0.15) is 5.69 Å². The Kier molecular flexibility index (Phi) is 4.20. The Morgan fingerprint density at radius 2 is 1.76 bits per heavy atom. The van der Waals surface area contributed by atoms with Crippen LogP contribution in [0.25, 0.3) is 10.9 Å². The van der Waals surface area contributed by atoms with Crippen LogP contribution in [0, 0.1) is 0 Å². The second-order valence-corrected chi connectivity index (χ2v) is 5.52. The number of pyridine rings is 1. The number of hydrogen-bond donors (Lipinski definition) is 0. The molecule has 2 aromatic carbocycles. The number of nitrogens with zero attached hydrogens (tertiary/aromatic N) is 1. The molecular weight excluding hydrogens is 329 g/mol. The quantitative estimate of drug-likeness (QED) is 0.540. The molecule has 0 fully saturated rings. The highest BCUT2D eigenvalue weighted by Gasteiger charge is 2.08. The molecule has 0 radical (unpaired) electrons. The Morgan fingerprint density at radius 1 is 0.952 bits per heavy atom. The summed E-state index contributed by atoms with van der Waals surface area (Å²) in [6.07, 6.45) is 0. The molecule has 3 rings (SSSR count). The zero-order chi connectivity index (χ0) is 14.8. The molecule has 0 bridgehead atoms. The average Bonchev–Trinajstić information content (AvgIpc) is 2.51. The minimum Gasteiger partial charge on any atom is -0.457 e. The largest absolute Gasteiger partial charge is 0.457 e. The molecule has 0 saturated carbocycles. The molecule has 0 amide bonds. The van der Waals surface area contributed by atoms with Gasteiger partial charge in [0.05, 0.1) is 27.1 Å². The van der Waals surface area contributed by atoms with Gasteiger partial charge in [-0.3, -0.25) is 4.98 Å². The number of fused-ring (bicyclic) bond motifs is 1. The van der Waals surface area contributed by atoms with Gasteiger partial charge in [-0.2, -0.15) is 0 Å². The van der Waals surface area contributed by atoms with Crippen LogP contribution in [-0.4, -0.2) is 4.98 Å². The van der Waals surface area contributed by atoms with Gasteiger partial charge < -0.3 is 4.74 Å². The van der Waals surface area contributed by atoms with Gasteiger partial charge in [-0.25, -0.2) is 0 Å². The Morgan fingerprint density at radius 3 is 2.52 bits per heavy atom. The van der Waals surface area contributed by atoms with Crippen molar-refractivity contribution < 1.29 is 4.74 Å². The van der Waals surface area contributed by atoms with Gasteiger partial charge >= 0.3 is 0 Å². The molecule has 0 spiro atoms. The van der Waals surface area contributed by atoms with Crippen molar-refractivity contribution in [2.24, 2.45) is 0 Å². The predicted molar refractivity (Wildman–Crippen MR) is 87.8 cm³/mol. The van der Waals surface area contributed by atoms with Gasteiger partial charge in [0, 0.05) is 17.5 Å². The lowest BCUT2D eigenvalue weighted by atomic mass is 10.2. The molecule has 0 saturated heterocycles. The van der Waals surface area contributed by atoms with E-state index in [1.54, 1.807) is 18.2 Å². The molecule has 1 heterocycles. The zero-order valence-electron chi connectivity index (χ0n) is 10.8. The highest BCUT2D eigenvalue weighted by Crippen LogP contribution is 2.33. The number of rotatable bonds is 3. The lowest BCUT2D eigenvalue weighted by molar-refractivity contribution is 0.487. The van der Waals surface area contributed by atoms with Gasteiger partial charge in [-0.05, 0) is 24.3 Å². The third-order valence-electron chi connectivity index (χ3n) is 2.99. The highest BCUT2D eigenvalue weighted by atomic mass is 35.5. The first-order valence-corrected chi connectivity index (χ1v) is 7.54. The summed E-state index contributed by atoms with van der Waals surface area (Å²) in [5, 5.41) is 1.85. The summed E-state index contributed by atoms with van der Waals surface area (Å²) in [7, 11) is 0.